The van der Waals surface area contributed by atoms with E-state index in [0.29, 0.717) is 0 Å². The fourth-order valence-corrected chi connectivity index (χ4v) is 1.82. The van der Waals surface area contributed by atoms with E-state index in [0.717, 1.165) is 11.5 Å². The molecule has 0 unspecified atom stereocenters. The number of nitrogens with one attached hydrogen (secondary N) is 1. The third kappa shape index (κ3) is 1.64. The molecular weight excluding hydrogens is 182 g/mol. The number of imidazole rings is 1. The first kappa shape index (κ1) is 8.47. The molecule has 0 fully saturated rings. The zero-order valence-corrected chi connectivity index (χ0v) is 8.14. The van der Waals surface area contributed by atoms with Crippen LogP contribution in [0.25, 0.3) is 10.6 Å². The quantitative estimate of drug-likeness (QED) is 0.767. The first-order valence-corrected chi connectivity index (χ1v) is 4.99. The first-order chi connectivity index (χ1) is 6.27. The normalized spacial score (nSPS) is 13.1. The second kappa shape index (κ2) is 3.32. The molecule has 13 heavy (non-hydrogen) atoms. The number of thiophene rings is 1. The van der Waals surface area contributed by atoms with Gasteiger partial charge in [-0.25, -0.2) is 4.98 Å². The van der Waals surface area contributed by atoms with Gasteiger partial charge in [-0.15, -0.1) is 11.3 Å². The van der Waals surface area contributed by atoms with E-state index in [1.807, 2.05) is 24.6 Å². The molecule has 0 aliphatic rings. The molecule has 0 spiro atoms. The van der Waals surface area contributed by atoms with Crippen LogP contribution >= 0.6 is 11.3 Å². The van der Waals surface area contributed by atoms with Gasteiger partial charge in [0.05, 0.1) is 22.8 Å². The van der Waals surface area contributed by atoms with Gasteiger partial charge in [0.15, 0.2) is 0 Å². The summed E-state index contributed by atoms with van der Waals surface area (Å²) in [6.07, 6.45) is 1.82. The largest absolute Gasteiger partial charge is 0.340 e. The molecule has 0 bridgehead atoms. The highest BCUT2D eigenvalue weighted by Gasteiger charge is 2.06. The zero-order chi connectivity index (χ0) is 9.26. The van der Waals surface area contributed by atoms with Crippen LogP contribution < -0.4 is 5.73 Å². The summed E-state index contributed by atoms with van der Waals surface area (Å²) >= 11 is 1.69. The van der Waals surface area contributed by atoms with Crippen LogP contribution in [0.15, 0.2) is 23.7 Å². The molecule has 0 aromatic carbocycles. The predicted octanol–water partition coefficient (Wildman–Crippen LogP) is 2.16. The third-order valence-electron chi connectivity index (χ3n) is 1.81. The van der Waals surface area contributed by atoms with Gasteiger partial charge in [0.1, 0.15) is 5.82 Å². The lowest BCUT2D eigenvalue weighted by atomic mass is 10.3. The van der Waals surface area contributed by atoms with Crippen molar-refractivity contribution in [3.8, 4) is 10.6 Å². The smallest absolute Gasteiger partial charge is 0.123 e. The van der Waals surface area contributed by atoms with Gasteiger partial charge in [-0.3, -0.25) is 0 Å². The number of H-pyrrole nitrogens is 1. The zero-order valence-electron chi connectivity index (χ0n) is 7.32. The van der Waals surface area contributed by atoms with Crippen molar-refractivity contribution in [3.63, 3.8) is 0 Å². The van der Waals surface area contributed by atoms with Crippen LogP contribution in [-0.2, 0) is 0 Å². The highest BCUT2D eigenvalue weighted by Crippen LogP contribution is 2.23. The van der Waals surface area contributed by atoms with Gasteiger partial charge in [-0.1, -0.05) is 6.07 Å². The number of nitrogens with zero attached hydrogens (tertiary/aromatic N) is 1. The fraction of sp³-hybridized carbons (Fsp3) is 0.222. The summed E-state index contributed by atoms with van der Waals surface area (Å²) in [6.45, 7) is 1.91. The molecule has 0 radical (unpaired) electrons. The van der Waals surface area contributed by atoms with E-state index < -0.39 is 0 Å². The van der Waals surface area contributed by atoms with E-state index in [-0.39, 0.29) is 6.04 Å². The van der Waals surface area contributed by atoms with E-state index in [1.165, 1.54) is 4.88 Å². The number of hydrogen-bond donors (Lipinski definition) is 2. The number of nitrogens with two attached hydrogens (primary N) is 1. The second-order valence-electron chi connectivity index (χ2n) is 2.95. The lowest BCUT2D eigenvalue weighted by Crippen LogP contribution is -2.06. The molecule has 0 amide bonds. The maximum atomic E-state index is 5.69. The Morgan fingerprint density at radius 1 is 1.62 bits per heavy atom. The number of aromatic amines is 1. The Balaban J connectivity index is 2.33. The van der Waals surface area contributed by atoms with Gasteiger partial charge in [0.25, 0.3) is 0 Å². The summed E-state index contributed by atoms with van der Waals surface area (Å²) in [6, 6.07) is 4.05. The molecule has 1 atom stereocenters. The minimum absolute atomic E-state index is 0.0336. The van der Waals surface area contributed by atoms with Crippen LogP contribution in [0.3, 0.4) is 0 Å². The van der Waals surface area contributed by atoms with Crippen LogP contribution in [0.2, 0.25) is 0 Å². The van der Waals surface area contributed by atoms with Gasteiger partial charge in [-0.2, -0.15) is 0 Å². The van der Waals surface area contributed by atoms with Gasteiger partial charge >= 0.3 is 0 Å². The van der Waals surface area contributed by atoms with E-state index >= 15 is 0 Å². The monoisotopic (exact) mass is 193 g/mol. The SMILES string of the molecule is C[C@H](N)c1ncc(-c2cccs2)[nH]1. The highest BCUT2D eigenvalue weighted by molar-refractivity contribution is 7.13. The highest BCUT2D eigenvalue weighted by atomic mass is 32.1. The van der Waals surface area contributed by atoms with Crippen LogP contribution in [0.4, 0.5) is 0 Å². The minimum atomic E-state index is -0.0336. The van der Waals surface area contributed by atoms with Crippen molar-refractivity contribution >= 4 is 11.3 Å². The van der Waals surface area contributed by atoms with Crippen LogP contribution in [-0.4, -0.2) is 9.97 Å². The Hall–Kier alpha value is -1.13. The van der Waals surface area contributed by atoms with E-state index in [2.05, 4.69) is 16.0 Å². The van der Waals surface area contributed by atoms with Crippen molar-refractivity contribution in [2.24, 2.45) is 5.73 Å². The summed E-state index contributed by atoms with van der Waals surface area (Å²) in [5.41, 5.74) is 6.73. The molecule has 2 aromatic rings. The molecule has 68 valence electrons. The summed E-state index contributed by atoms with van der Waals surface area (Å²) in [5, 5.41) is 2.04. The molecule has 0 aliphatic carbocycles. The van der Waals surface area contributed by atoms with Crippen LogP contribution in [0.1, 0.15) is 18.8 Å². The molecule has 2 rings (SSSR count). The molecule has 4 heteroatoms. The predicted molar refractivity (Wildman–Crippen MR) is 54.5 cm³/mol. The number of hydrogen-bond acceptors (Lipinski definition) is 3. The first-order valence-electron chi connectivity index (χ1n) is 4.12. The minimum Gasteiger partial charge on any atom is -0.340 e. The standard InChI is InChI=1S/C9H11N3S/c1-6(10)9-11-5-7(12-9)8-3-2-4-13-8/h2-6H,10H2,1H3,(H,11,12)/t6-/m0/s1. The molecule has 0 saturated heterocycles. The number of aromatic nitrogens is 2. The van der Waals surface area contributed by atoms with Gasteiger partial charge < -0.3 is 10.7 Å². The molecule has 0 aliphatic heterocycles. The summed E-state index contributed by atoms with van der Waals surface area (Å²) < 4.78 is 0. The van der Waals surface area contributed by atoms with E-state index in [9.17, 15) is 0 Å². The molecule has 0 saturated carbocycles. The maximum absolute atomic E-state index is 5.69. The Morgan fingerprint density at radius 2 is 2.46 bits per heavy atom. The topological polar surface area (TPSA) is 54.7 Å². The van der Waals surface area contributed by atoms with Gasteiger partial charge in [-0.05, 0) is 18.4 Å². The van der Waals surface area contributed by atoms with Crippen molar-refractivity contribution in [2.45, 2.75) is 13.0 Å². The van der Waals surface area contributed by atoms with Crippen molar-refractivity contribution in [3.05, 3.63) is 29.5 Å². The molecule has 3 nitrogen and oxygen atoms in total. The summed E-state index contributed by atoms with van der Waals surface area (Å²) in [7, 11) is 0. The van der Waals surface area contributed by atoms with E-state index in [1.54, 1.807) is 11.3 Å². The molecular formula is C9H11N3S. The van der Waals surface area contributed by atoms with Crippen molar-refractivity contribution < 1.29 is 0 Å². The maximum Gasteiger partial charge on any atom is 0.123 e. The Morgan fingerprint density at radius 3 is 3.00 bits per heavy atom. The average Bonchev–Trinajstić information content (AvgIpc) is 2.75. The lowest BCUT2D eigenvalue weighted by Gasteiger charge is -1.97. The van der Waals surface area contributed by atoms with E-state index in [4.69, 9.17) is 5.73 Å². The molecule has 2 aromatic heterocycles. The van der Waals surface area contributed by atoms with Crippen molar-refractivity contribution in [1.82, 2.24) is 9.97 Å². The second-order valence-corrected chi connectivity index (χ2v) is 3.90. The van der Waals surface area contributed by atoms with Crippen LogP contribution in [0, 0.1) is 0 Å². The Bertz CT molecular complexity index is 375. The Labute approximate surface area is 80.6 Å². The lowest BCUT2D eigenvalue weighted by molar-refractivity contribution is 0.756. The molecule has 3 N–H and O–H groups in total. The fourth-order valence-electron chi connectivity index (χ4n) is 1.13. The van der Waals surface area contributed by atoms with Crippen molar-refractivity contribution in [2.75, 3.05) is 0 Å². The van der Waals surface area contributed by atoms with Gasteiger partial charge in [0.2, 0.25) is 0 Å². The molecule has 2 heterocycles. The van der Waals surface area contributed by atoms with Gasteiger partial charge in [0, 0.05) is 0 Å². The average molecular weight is 193 g/mol. The van der Waals surface area contributed by atoms with Crippen molar-refractivity contribution in [1.29, 1.82) is 0 Å². The Kier molecular flexibility index (Phi) is 2.16. The third-order valence-corrected chi connectivity index (χ3v) is 2.72. The van der Waals surface area contributed by atoms with Crippen LogP contribution in [0.5, 0.6) is 0 Å². The summed E-state index contributed by atoms with van der Waals surface area (Å²) in [4.78, 5) is 8.58. The summed E-state index contributed by atoms with van der Waals surface area (Å²) in [5.74, 6) is 0.836. The number of rotatable bonds is 2.